The Bertz CT molecular complexity index is 481. The maximum absolute atomic E-state index is 10.9. The summed E-state index contributed by atoms with van der Waals surface area (Å²) in [7, 11) is 0. The first-order valence-corrected chi connectivity index (χ1v) is 7.18. The van der Waals surface area contributed by atoms with Crippen molar-refractivity contribution in [3.05, 3.63) is 38.3 Å². The van der Waals surface area contributed by atoms with Gasteiger partial charge in [0.1, 0.15) is 0 Å². The molecule has 1 aromatic carbocycles. The minimum Gasteiger partial charge on any atom is -0.327 e. The van der Waals surface area contributed by atoms with E-state index >= 15 is 0 Å². The summed E-state index contributed by atoms with van der Waals surface area (Å²) in [6.07, 6.45) is 0.980. The van der Waals surface area contributed by atoms with Gasteiger partial charge in [-0.15, -0.1) is 0 Å². The third-order valence-corrected chi connectivity index (χ3v) is 4.62. The zero-order valence-corrected chi connectivity index (χ0v) is 12.5. The van der Waals surface area contributed by atoms with Gasteiger partial charge < -0.3 is 5.73 Å². The van der Waals surface area contributed by atoms with E-state index in [0.29, 0.717) is 10.4 Å². The predicted octanol–water partition coefficient (Wildman–Crippen LogP) is 2.53. The Labute approximate surface area is 121 Å². The summed E-state index contributed by atoms with van der Waals surface area (Å²) in [6, 6.07) is 5.44. The summed E-state index contributed by atoms with van der Waals surface area (Å²) >= 11 is 3.34. The number of nitrogens with two attached hydrogens (primary N) is 1. The van der Waals surface area contributed by atoms with Crippen LogP contribution in [0, 0.1) is 16.0 Å². The summed E-state index contributed by atoms with van der Waals surface area (Å²) in [5, 5.41) is 10.9. The molecule has 1 saturated heterocycles. The van der Waals surface area contributed by atoms with Crippen molar-refractivity contribution < 1.29 is 4.92 Å². The van der Waals surface area contributed by atoms with Crippen molar-refractivity contribution in [3.8, 4) is 0 Å². The molecule has 1 fully saturated rings. The SMILES string of the molecule is CC1CN(Cc2cccc([N+](=O)[O-])c2Br)CCC1N. The van der Waals surface area contributed by atoms with E-state index in [0.717, 1.165) is 31.6 Å². The van der Waals surface area contributed by atoms with Crippen LogP contribution in [-0.2, 0) is 6.54 Å². The highest BCUT2D eigenvalue weighted by atomic mass is 79.9. The molecule has 0 aromatic heterocycles. The van der Waals surface area contributed by atoms with Crippen molar-refractivity contribution in [1.29, 1.82) is 0 Å². The molecule has 104 valence electrons. The lowest BCUT2D eigenvalue weighted by Crippen LogP contribution is -2.45. The van der Waals surface area contributed by atoms with Crippen LogP contribution in [-0.4, -0.2) is 29.0 Å². The topological polar surface area (TPSA) is 72.4 Å². The van der Waals surface area contributed by atoms with Crippen LogP contribution < -0.4 is 5.73 Å². The zero-order valence-electron chi connectivity index (χ0n) is 10.9. The lowest BCUT2D eigenvalue weighted by molar-refractivity contribution is -0.385. The molecule has 5 nitrogen and oxygen atoms in total. The highest BCUT2D eigenvalue weighted by molar-refractivity contribution is 9.10. The van der Waals surface area contributed by atoms with E-state index in [-0.39, 0.29) is 16.7 Å². The molecule has 2 rings (SSSR count). The van der Waals surface area contributed by atoms with E-state index in [9.17, 15) is 10.1 Å². The van der Waals surface area contributed by atoms with Gasteiger partial charge in [0.15, 0.2) is 0 Å². The van der Waals surface area contributed by atoms with Crippen LogP contribution in [0.3, 0.4) is 0 Å². The highest BCUT2D eigenvalue weighted by Crippen LogP contribution is 2.30. The number of piperidine rings is 1. The van der Waals surface area contributed by atoms with Gasteiger partial charge in [-0.05, 0) is 40.4 Å². The smallest absolute Gasteiger partial charge is 0.283 e. The molecule has 1 heterocycles. The van der Waals surface area contributed by atoms with E-state index in [1.165, 1.54) is 6.07 Å². The first kappa shape index (κ1) is 14.4. The first-order valence-electron chi connectivity index (χ1n) is 6.38. The highest BCUT2D eigenvalue weighted by Gasteiger charge is 2.24. The number of nitro groups is 1. The summed E-state index contributed by atoms with van der Waals surface area (Å²) in [5.41, 5.74) is 7.08. The van der Waals surface area contributed by atoms with E-state index in [4.69, 9.17) is 5.73 Å². The fourth-order valence-electron chi connectivity index (χ4n) is 2.46. The monoisotopic (exact) mass is 327 g/mol. The van der Waals surface area contributed by atoms with Crippen LogP contribution >= 0.6 is 15.9 Å². The summed E-state index contributed by atoms with van der Waals surface area (Å²) < 4.78 is 0.586. The van der Waals surface area contributed by atoms with Gasteiger partial charge in [-0.3, -0.25) is 15.0 Å². The van der Waals surface area contributed by atoms with Gasteiger partial charge in [-0.2, -0.15) is 0 Å². The quantitative estimate of drug-likeness (QED) is 0.684. The Morgan fingerprint density at radius 2 is 2.32 bits per heavy atom. The number of likely N-dealkylation sites (tertiary alicyclic amines) is 1. The van der Waals surface area contributed by atoms with Crippen molar-refractivity contribution >= 4 is 21.6 Å². The van der Waals surface area contributed by atoms with Crippen LogP contribution in [0.15, 0.2) is 22.7 Å². The van der Waals surface area contributed by atoms with Crippen molar-refractivity contribution in [3.63, 3.8) is 0 Å². The molecule has 0 aliphatic carbocycles. The minimum absolute atomic E-state index is 0.124. The van der Waals surface area contributed by atoms with Gasteiger partial charge in [-0.25, -0.2) is 0 Å². The second kappa shape index (κ2) is 5.98. The molecule has 1 aliphatic heterocycles. The number of nitro benzene ring substituents is 1. The third-order valence-electron chi connectivity index (χ3n) is 3.70. The molecule has 2 N–H and O–H groups in total. The van der Waals surface area contributed by atoms with Gasteiger partial charge in [0, 0.05) is 25.2 Å². The zero-order chi connectivity index (χ0) is 14.0. The molecule has 0 saturated carbocycles. The molecular formula is C13H18BrN3O2. The summed E-state index contributed by atoms with van der Waals surface area (Å²) in [5.74, 6) is 0.464. The van der Waals surface area contributed by atoms with E-state index in [2.05, 4.69) is 27.8 Å². The molecule has 6 heteroatoms. The molecule has 2 atom stereocenters. The van der Waals surface area contributed by atoms with Crippen molar-refractivity contribution in [2.24, 2.45) is 11.7 Å². The number of halogens is 1. The molecule has 1 aromatic rings. The Kier molecular flexibility index (Phi) is 4.54. The van der Waals surface area contributed by atoms with E-state index < -0.39 is 0 Å². The second-order valence-electron chi connectivity index (χ2n) is 5.17. The van der Waals surface area contributed by atoms with E-state index in [1.807, 2.05) is 6.07 Å². The molecule has 19 heavy (non-hydrogen) atoms. The van der Waals surface area contributed by atoms with Crippen LogP contribution in [0.2, 0.25) is 0 Å². The Balaban J connectivity index is 2.11. The number of hydrogen-bond donors (Lipinski definition) is 1. The van der Waals surface area contributed by atoms with Crippen molar-refractivity contribution in [2.45, 2.75) is 25.9 Å². The number of hydrogen-bond acceptors (Lipinski definition) is 4. The Morgan fingerprint density at radius 3 is 2.95 bits per heavy atom. The van der Waals surface area contributed by atoms with Gasteiger partial charge >= 0.3 is 0 Å². The van der Waals surface area contributed by atoms with Crippen molar-refractivity contribution in [1.82, 2.24) is 4.90 Å². The lowest BCUT2D eigenvalue weighted by atomic mass is 9.94. The predicted molar refractivity (Wildman–Crippen MR) is 77.8 cm³/mol. The molecule has 0 radical (unpaired) electrons. The second-order valence-corrected chi connectivity index (χ2v) is 5.97. The number of benzene rings is 1. The normalized spacial score (nSPS) is 24.4. The van der Waals surface area contributed by atoms with Crippen molar-refractivity contribution in [2.75, 3.05) is 13.1 Å². The lowest BCUT2D eigenvalue weighted by Gasteiger charge is -2.35. The van der Waals surface area contributed by atoms with Gasteiger partial charge in [0.05, 0.1) is 9.40 Å². The van der Waals surface area contributed by atoms with Crippen LogP contribution in [0.25, 0.3) is 0 Å². The summed E-state index contributed by atoms with van der Waals surface area (Å²) in [6.45, 7) is 4.76. The summed E-state index contributed by atoms with van der Waals surface area (Å²) in [4.78, 5) is 12.9. The van der Waals surface area contributed by atoms with Gasteiger partial charge in [-0.1, -0.05) is 19.1 Å². The fourth-order valence-corrected chi connectivity index (χ4v) is 3.00. The minimum atomic E-state index is -0.359. The Morgan fingerprint density at radius 1 is 1.58 bits per heavy atom. The van der Waals surface area contributed by atoms with Gasteiger partial charge in [0.25, 0.3) is 5.69 Å². The third kappa shape index (κ3) is 3.32. The molecule has 1 aliphatic rings. The molecule has 0 bridgehead atoms. The van der Waals surface area contributed by atoms with E-state index in [1.54, 1.807) is 6.07 Å². The molecule has 0 amide bonds. The molecule has 0 spiro atoms. The van der Waals surface area contributed by atoms with Crippen LogP contribution in [0.5, 0.6) is 0 Å². The maximum atomic E-state index is 10.9. The first-order chi connectivity index (χ1) is 8.99. The largest absolute Gasteiger partial charge is 0.327 e. The number of nitrogens with zero attached hydrogens (tertiary/aromatic N) is 2. The maximum Gasteiger partial charge on any atom is 0.283 e. The fraction of sp³-hybridized carbons (Fsp3) is 0.538. The average Bonchev–Trinajstić information content (AvgIpc) is 2.36. The molecule has 2 unspecified atom stereocenters. The Hall–Kier alpha value is -0.980. The van der Waals surface area contributed by atoms with Crippen LogP contribution in [0.4, 0.5) is 5.69 Å². The number of rotatable bonds is 3. The standard InChI is InChI=1S/C13H18BrN3O2/c1-9-7-16(6-5-11(9)15)8-10-3-2-4-12(13(10)14)17(18)19/h2-4,9,11H,5-8,15H2,1H3. The average molecular weight is 328 g/mol. The van der Waals surface area contributed by atoms with Crippen LogP contribution in [0.1, 0.15) is 18.9 Å². The molecular weight excluding hydrogens is 310 g/mol. The van der Waals surface area contributed by atoms with Gasteiger partial charge in [0.2, 0.25) is 0 Å².